The summed E-state index contributed by atoms with van der Waals surface area (Å²) in [6.07, 6.45) is -6.66. The fraction of sp³-hybridized carbons (Fsp3) is 1.00. The topological polar surface area (TPSA) is 0 Å². The van der Waals surface area contributed by atoms with Crippen molar-refractivity contribution in [2.45, 2.75) is 27.7 Å². The monoisotopic (exact) mass is 336 g/mol. The highest BCUT2D eigenvalue weighted by Gasteiger charge is 2.83. The summed E-state index contributed by atoms with van der Waals surface area (Å²) in [7, 11) is 0. The highest BCUT2D eigenvalue weighted by atomic mass is 35.5. The van der Waals surface area contributed by atoms with Gasteiger partial charge in [-0.3, -0.25) is 0 Å². The predicted molar refractivity (Wildman–Crippen MR) is 41.2 cm³/mol. The molecule has 0 aromatic rings. The molecule has 104 valence electrons. The minimum Gasteiger partial charge on any atom is -0.195 e. The van der Waals surface area contributed by atoms with Crippen molar-refractivity contribution in [3.05, 3.63) is 0 Å². The average Bonchev–Trinajstić information content (AvgIpc) is 1.98. The summed E-state index contributed by atoms with van der Waals surface area (Å²) >= 11 is 11.9. The lowest BCUT2D eigenvalue weighted by Crippen LogP contribution is -2.63. The number of halogens is 12. The second-order valence-electron chi connectivity index (χ2n) is 2.72. The first kappa shape index (κ1) is 17.2. The lowest BCUT2D eigenvalue weighted by Gasteiger charge is -2.37. The maximum Gasteiger partial charge on any atom is 0.456 e. The summed E-state index contributed by atoms with van der Waals surface area (Å²) in [5.74, 6) is -12.7. The number of alkyl halides is 12. The minimum atomic E-state index is -6.66. The molecule has 0 nitrogen and oxygen atoms in total. The van der Waals surface area contributed by atoms with Gasteiger partial charge < -0.3 is 0 Å². The number of hydrogen-bond acceptors (Lipinski definition) is 0. The van der Waals surface area contributed by atoms with E-state index in [1.165, 1.54) is 0 Å². The molecule has 0 spiro atoms. The summed E-state index contributed by atoms with van der Waals surface area (Å²) in [6, 6.07) is 0. The van der Waals surface area contributed by atoms with Gasteiger partial charge in [0.05, 0.1) is 0 Å². The molecule has 0 bridgehead atoms. The van der Waals surface area contributed by atoms with Gasteiger partial charge in [0.1, 0.15) is 0 Å². The van der Waals surface area contributed by atoms with Gasteiger partial charge >= 0.3 is 23.4 Å². The van der Waals surface area contributed by atoms with Crippen LogP contribution < -0.4 is 0 Å². The Morgan fingerprint density at radius 2 is 0.824 bits per heavy atom. The Balaban J connectivity index is 5.73. The number of rotatable bonds is 3. The highest BCUT2D eigenvalue weighted by Crippen LogP contribution is 2.60. The maximum atomic E-state index is 12.6. The van der Waals surface area contributed by atoms with E-state index in [0.29, 0.717) is 0 Å². The molecular formula is C5Cl3F9. The van der Waals surface area contributed by atoms with Crippen LogP contribution in [0.1, 0.15) is 0 Å². The fourth-order valence-corrected chi connectivity index (χ4v) is 1.24. The molecule has 0 aliphatic carbocycles. The molecular weight excluding hydrogens is 337 g/mol. The highest BCUT2D eigenvalue weighted by molar-refractivity contribution is 6.50. The predicted octanol–water partition coefficient (Wildman–Crippen LogP) is 4.82. The first-order chi connectivity index (χ1) is 7.00. The Labute approximate surface area is 103 Å². The second-order valence-corrected chi connectivity index (χ2v) is 4.52. The van der Waals surface area contributed by atoms with E-state index in [0.717, 1.165) is 0 Å². The summed E-state index contributed by atoms with van der Waals surface area (Å²) in [5, 5.41) is -5.80. The van der Waals surface area contributed by atoms with Crippen LogP contribution in [0, 0.1) is 0 Å². The zero-order valence-corrected chi connectivity index (χ0v) is 9.30. The Morgan fingerprint density at radius 3 is 1.00 bits per heavy atom. The van der Waals surface area contributed by atoms with Crippen molar-refractivity contribution in [1.29, 1.82) is 0 Å². The molecule has 0 unspecified atom stereocenters. The molecule has 0 amide bonds. The Bertz CT molecular complexity index is 260. The third-order valence-electron chi connectivity index (χ3n) is 1.50. The lowest BCUT2D eigenvalue weighted by atomic mass is 10.1. The van der Waals surface area contributed by atoms with Gasteiger partial charge in [-0.2, -0.15) is 39.5 Å². The molecule has 0 heterocycles. The molecule has 0 saturated heterocycles. The molecule has 0 N–H and O–H groups in total. The first-order valence-electron chi connectivity index (χ1n) is 3.27. The Kier molecular flexibility index (Phi) is 4.18. The molecule has 0 saturated carbocycles. The van der Waals surface area contributed by atoms with Gasteiger partial charge in [-0.05, 0) is 11.6 Å². The average molecular weight is 337 g/mol. The molecule has 0 radical (unpaired) electrons. The van der Waals surface area contributed by atoms with Crippen LogP contribution in [0.5, 0.6) is 0 Å². The van der Waals surface area contributed by atoms with Crippen LogP contribution in [0.15, 0.2) is 0 Å². The van der Waals surface area contributed by atoms with E-state index in [9.17, 15) is 39.5 Å². The summed E-state index contributed by atoms with van der Waals surface area (Å²) < 4.78 is 104. The van der Waals surface area contributed by atoms with Crippen molar-refractivity contribution in [2.75, 3.05) is 0 Å². The summed E-state index contributed by atoms with van der Waals surface area (Å²) in [6.45, 7) is 0. The van der Waals surface area contributed by atoms with E-state index in [1.807, 2.05) is 0 Å². The second kappa shape index (κ2) is 4.12. The third-order valence-corrected chi connectivity index (χ3v) is 2.69. The van der Waals surface area contributed by atoms with Crippen molar-refractivity contribution in [2.24, 2.45) is 0 Å². The van der Waals surface area contributed by atoms with Crippen LogP contribution in [0.25, 0.3) is 0 Å². The van der Waals surface area contributed by atoms with Crippen molar-refractivity contribution < 1.29 is 39.5 Å². The van der Waals surface area contributed by atoms with E-state index in [4.69, 9.17) is 0 Å². The van der Waals surface area contributed by atoms with Crippen molar-refractivity contribution in [3.8, 4) is 0 Å². The zero-order valence-electron chi connectivity index (χ0n) is 7.04. The zero-order chi connectivity index (χ0) is 14.5. The van der Waals surface area contributed by atoms with E-state index in [1.54, 1.807) is 0 Å². The molecule has 0 aliphatic heterocycles. The first-order valence-corrected chi connectivity index (χ1v) is 4.40. The molecule has 12 heteroatoms. The molecule has 0 aromatic heterocycles. The third kappa shape index (κ3) is 2.51. The van der Waals surface area contributed by atoms with Crippen molar-refractivity contribution >= 4 is 34.8 Å². The van der Waals surface area contributed by atoms with Crippen molar-refractivity contribution in [1.82, 2.24) is 0 Å². The molecule has 0 aliphatic rings. The summed E-state index contributed by atoms with van der Waals surface area (Å²) in [4.78, 5) is 0. The van der Waals surface area contributed by atoms with Gasteiger partial charge in [-0.15, -0.1) is 0 Å². The molecule has 17 heavy (non-hydrogen) atoms. The van der Waals surface area contributed by atoms with Crippen LogP contribution in [0.3, 0.4) is 0 Å². The van der Waals surface area contributed by atoms with Crippen LogP contribution in [0.4, 0.5) is 39.5 Å². The van der Waals surface area contributed by atoms with Gasteiger partial charge in [0.15, 0.2) is 0 Å². The van der Waals surface area contributed by atoms with E-state index < -0.39 is 27.7 Å². The largest absolute Gasteiger partial charge is 0.456 e. The van der Waals surface area contributed by atoms with E-state index in [2.05, 4.69) is 34.8 Å². The van der Waals surface area contributed by atoms with Gasteiger partial charge in [-0.1, -0.05) is 23.2 Å². The fourth-order valence-electron chi connectivity index (χ4n) is 0.553. The van der Waals surface area contributed by atoms with Crippen LogP contribution in [-0.4, -0.2) is 27.7 Å². The smallest absolute Gasteiger partial charge is 0.195 e. The molecule has 0 atom stereocenters. The van der Waals surface area contributed by atoms with Gasteiger partial charge in [0.2, 0.25) is 0 Å². The number of hydrogen-bond donors (Lipinski definition) is 0. The SMILES string of the molecule is FC(F)(F)C(F)(F)C(Cl)(Cl)C(F)(F)C(F)(F)Cl. The van der Waals surface area contributed by atoms with Crippen molar-refractivity contribution in [3.63, 3.8) is 0 Å². The lowest BCUT2D eigenvalue weighted by molar-refractivity contribution is -0.317. The van der Waals surface area contributed by atoms with Crippen LogP contribution in [-0.2, 0) is 0 Å². The van der Waals surface area contributed by atoms with E-state index in [-0.39, 0.29) is 0 Å². The summed E-state index contributed by atoms with van der Waals surface area (Å²) in [5.41, 5.74) is 0. The van der Waals surface area contributed by atoms with Gasteiger partial charge in [0.25, 0.3) is 4.33 Å². The normalized spacial score (nSPS) is 16.2. The molecule has 0 aromatic carbocycles. The molecule has 0 fully saturated rings. The maximum absolute atomic E-state index is 12.6. The van der Waals surface area contributed by atoms with Gasteiger partial charge in [0, 0.05) is 0 Å². The van der Waals surface area contributed by atoms with E-state index >= 15 is 0 Å². The Morgan fingerprint density at radius 1 is 0.529 bits per heavy atom. The molecule has 0 rings (SSSR count). The van der Waals surface area contributed by atoms with Gasteiger partial charge in [-0.25, -0.2) is 0 Å². The van der Waals surface area contributed by atoms with Crippen LogP contribution in [0.2, 0.25) is 0 Å². The minimum absolute atomic E-state index is 3.71. The Hall–Kier alpha value is 0.240. The van der Waals surface area contributed by atoms with Crippen LogP contribution >= 0.6 is 34.8 Å². The quantitative estimate of drug-likeness (QED) is 0.511. The standard InChI is InChI=1S/C5Cl3F9/c6-1(7,2(9,10)4(8,13)14)3(11,12)5(15,16)17.